The molecule has 0 aliphatic carbocycles. The van der Waals surface area contributed by atoms with Crippen molar-refractivity contribution < 1.29 is 19.1 Å². The van der Waals surface area contributed by atoms with Crippen LogP contribution in [0.5, 0.6) is 0 Å². The molecule has 0 spiro atoms. The van der Waals surface area contributed by atoms with Crippen molar-refractivity contribution in [1.82, 2.24) is 10.6 Å². The van der Waals surface area contributed by atoms with Gasteiger partial charge in [0.15, 0.2) is 0 Å². The summed E-state index contributed by atoms with van der Waals surface area (Å²) in [7, 11) is -1.85. The van der Waals surface area contributed by atoms with Gasteiger partial charge in [-0.15, -0.1) is 11.5 Å². The second-order valence-corrected chi connectivity index (χ2v) is 15.2. The van der Waals surface area contributed by atoms with E-state index >= 15 is 0 Å². The molecule has 0 saturated heterocycles. The van der Waals surface area contributed by atoms with Crippen molar-refractivity contribution in [3.8, 4) is 11.5 Å². The van der Waals surface area contributed by atoms with Crippen molar-refractivity contribution in [2.45, 2.75) is 84.3 Å². The highest BCUT2D eigenvalue weighted by atomic mass is 28.3. The van der Waals surface area contributed by atoms with Crippen LogP contribution in [0.4, 0.5) is 4.79 Å². The topological polar surface area (TPSA) is 111 Å². The molecule has 2 atom stereocenters. The number of carbonyl (C=O) groups is 3. The SMILES string of the molecule is CC(C)C[C@H](NC(=O)OCc1ccccc1)C(=O)N[C@@H](CC#C[Si](C)(C)C(C)(C)C)C(N)=O. The Morgan fingerprint density at radius 2 is 1.67 bits per heavy atom. The molecule has 182 valence electrons. The minimum Gasteiger partial charge on any atom is -0.445 e. The van der Waals surface area contributed by atoms with Gasteiger partial charge in [-0.1, -0.05) is 78.0 Å². The molecule has 0 fully saturated rings. The zero-order valence-electron chi connectivity index (χ0n) is 21.0. The highest BCUT2D eigenvalue weighted by Gasteiger charge is 2.34. The van der Waals surface area contributed by atoms with E-state index in [-0.39, 0.29) is 24.0 Å². The molecule has 1 aromatic carbocycles. The molecule has 0 heterocycles. The first-order valence-corrected chi connectivity index (χ1v) is 14.3. The molecular weight excluding hydrogens is 434 g/mol. The predicted octanol–water partition coefficient (Wildman–Crippen LogP) is 3.74. The number of benzene rings is 1. The Morgan fingerprint density at radius 1 is 1.06 bits per heavy atom. The number of nitrogens with one attached hydrogen (secondary N) is 2. The Kier molecular flexibility index (Phi) is 10.7. The van der Waals surface area contributed by atoms with Gasteiger partial charge in [-0.05, 0) is 22.9 Å². The monoisotopic (exact) mass is 473 g/mol. The number of hydrogen-bond acceptors (Lipinski definition) is 4. The lowest BCUT2D eigenvalue weighted by Gasteiger charge is -2.31. The standard InChI is InChI=1S/C25H39N3O4Si/c1-18(2)16-21(28-24(31)32-17-19-12-9-8-10-13-19)23(30)27-20(22(26)29)14-11-15-33(6,7)25(3,4)5/h8-10,12-13,18,20-21H,14,16-17H2,1-7H3,(H2,26,29)(H,27,30)(H,28,31)/t20-,21-/m0/s1. The van der Waals surface area contributed by atoms with Crippen LogP contribution in [0, 0.1) is 17.4 Å². The summed E-state index contributed by atoms with van der Waals surface area (Å²) in [5.74, 6) is 2.04. The van der Waals surface area contributed by atoms with Crippen molar-refractivity contribution in [2.75, 3.05) is 0 Å². The molecule has 1 rings (SSSR count). The Morgan fingerprint density at radius 3 is 2.18 bits per heavy atom. The van der Waals surface area contributed by atoms with Crippen LogP contribution in [0.15, 0.2) is 30.3 Å². The van der Waals surface area contributed by atoms with Gasteiger partial charge in [-0.3, -0.25) is 9.59 Å². The molecule has 0 aromatic heterocycles. The van der Waals surface area contributed by atoms with Crippen LogP contribution in [-0.4, -0.2) is 38.1 Å². The first kappa shape index (κ1) is 28.2. The maximum atomic E-state index is 12.9. The molecule has 0 unspecified atom stereocenters. The van der Waals surface area contributed by atoms with E-state index in [4.69, 9.17) is 10.5 Å². The quantitative estimate of drug-likeness (QED) is 0.375. The van der Waals surface area contributed by atoms with Crippen LogP contribution in [0.1, 0.15) is 53.0 Å². The van der Waals surface area contributed by atoms with Crippen LogP contribution in [0.2, 0.25) is 18.1 Å². The van der Waals surface area contributed by atoms with Gasteiger partial charge >= 0.3 is 6.09 Å². The van der Waals surface area contributed by atoms with Crippen molar-refractivity contribution >= 4 is 26.0 Å². The first-order chi connectivity index (χ1) is 15.2. The largest absolute Gasteiger partial charge is 0.445 e. The number of alkyl carbamates (subject to hydrolysis) is 1. The summed E-state index contributed by atoms with van der Waals surface area (Å²) in [6.07, 6.45) is -0.193. The molecule has 0 bridgehead atoms. The van der Waals surface area contributed by atoms with Gasteiger partial charge in [-0.25, -0.2) is 4.79 Å². The summed E-state index contributed by atoms with van der Waals surface area (Å²) >= 11 is 0. The highest BCUT2D eigenvalue weighted by Crippen LogP contribution is 2.35. The number of rotatable bonds is 9. The lowest BCUT2D eigenvalue weighted by atomic mass is 10.0. The van der Waals surface area contributed by atoms with E-state index in [0.29, 0.717) is 6.42 Å². The molecule has 0 radical (unpaired) electrons. The normalized spacial score (nSPS) is 13.3. The van der Waals surface area contributed by atoms with E-state index in [0.717, 1.165) is 5.56 Å². The molecule has 0 aliphatic rings. The molecule has 1 aromatic rings. The van der Waals surface area contributed by atoms with E-state index < -0.39 is 38.1 Å². The van der Waals surface area contributed by atoms with Crippen molar-refractivity contribution in [3.63, 3.8) is 0 Å². The number of nitrogens with two attached hydrogens (primary N) is 1. The first-order valence-electron chi connectivity index (χ1n) is 11.3. The average molecular weight is 474 g/mol. The minimum absolute atomic E-state index is 0.0812. The zero-order valence-corrected chi connectivity index (χ0v) is 22.0. The molecule has 4 N–H and O–H groups in total. The summed E-state index contributed by atoms with van der Waals surface area (Å²) in [5, 5.41) is 5.34. The van der Waals surface area contributed by atoms with Gasteiger partial charge in [0.05, 0.1) is 0 Å². The summed E-state index contributed by atoms with van der Waals surface area (Å²) in [4.78, 5) is 37.1. The fourth-order valence-electron chi connectivity index (χ4n) is 2.67. The van der Waals surface area contributed by atoms with E-state index in [2.05, 4.69) is 56.0 Å². The van der Waals surface area contributed by atoms with E-state index in [1.807, 2.05) is 44.2 Å². The number of ether oxygens (including phenoxy) is 1. The third-order valence-electron chi connectivity index (χ3n) is 5.77. The molecule has 8 heteroatoms. The third-order valence-corrected chi connectivity index (χ3v) is 10.3. The van der Waals surface area contributed by atoms with Gasteiger partial charge in [0.1, 0.15) is 26.8 Å². The predicted molar refractivity (Wildman–Crippen MR) is 134 cm³/mol. The Balaban J connectivity index is 2.81. The van der Waals surface area contributed by atoms with Crippen molar-refractivity contribution in [3.05, 3.63) is 35.9 Å². The Labute approximate surface area is 199 Å². The molecule has 0 saturated carbocycles. The van der Waals surface area contributed by atoms with Crippen LogP contribution in [-0.2, 0) is 20.9 Å². The fraction of sp³-hybridized carbons (Fsp3) is 0.560. The number of hydrogen-bond donors (Lipinski definition) is 3. The third kappa shape index (κ3) is 10.1. The van der Waals surface area contributed by atoms with Gasteiger partial charge in [0.2, 0.25) is 11.8 Å². The number of primary amides is 1. The average Bonchev–Trinajstić information content (AvgIpc) is 2.70. The summed E-state index contributed by atoms with van der Waals surface area (Å²) in [5.41, 5.74) is 9.68. The molecule has 0 aliphatic heterocycles. The second-order valence-electron chi connectivity index (χ2n) is 10.2. The van der Waals surface area contributed by atoms with E-state index in [1.165, 1.54) is 0 Å². The number of amides is 3. The van der Waals surface area contributed by atoms with Crippen LogP contribution in [0.25, 0.3) is 0 Å². The minimum atomic E-state index is -1.85. The van der Waals surface area contributed by atoms with Crippen LogP contribution < -0.4 is 16.4 Å². The summed E-state index contributed by atoms with van der Waals surface area (Å²) in [6.45, 7) is 14.8. The Bertz CT molecular complexity index is 867. The maximum Gasteiger partial charge on any atom is 0.408 e. The lowest BCUT2D eigenvalue weighted by Crippen LogP contribution is -2.53. The van der Waals surface area contributed by atoms with Gasteiger partial charge < -0.3 is 21.1 Å². The van der Waals surface area contributed by atoms with Gasteiger partial charge in [0, 0.05) is 6.42 Å². The molecule has 33 heavy (non-hydrogen) atoms. The van der Waals surface area contributed by atoms with Crippen molar-refractivity contribution in [1.29, 1.82) is 0 Å². The summed E-state index contributed by atoms with van der Waals surface area (Å²) in [6, 6.07) is 7.46. The lowest BCUT2D eigenvalue weighted by molar-refractivity contribution is -0.128. The Hall–Kier alpha value is -2.79. The second kappa shape index (κ2) is 12.4. The van der Waals surface area contributed by atoms with Crippen LogP contribution >= 0.6 is 0 Å². The van der Waals surface area contributed by atoms with Crippen molar-refractivity contribution in [2.24, 2.45) is 11.7 Å². The highest BCUT2D eigenvalue weighted by molar-refractivity contribution is 6.87. The molecule has 7 nitrogen and oxygen atoms in total. The zero-order chi connectivity index (χ0) is 25.2. The maximum absolute atomic E-state index is 12.9. The molecule has 3 amide bonds. The van der Waals surface area contributed by atoms with Gasteiger partial charge in [0.25, 0.3) is 0 Å². The van der Waals surface area contributed by atoms with E-state index in [9.17, 15) is 14.4 Å². The molecular formula is C25H39N3O4Si. The van der Waals surface area contributed by atoms with Crippen LogP contribution in [0.3, 0.4) is 0 Å². The summed E-state index contributed by atoms with van der Waals surface area (Å²) < 4.78 is 5.24. The smallest absolute Gasteiger partial charge is 0.408 e. The van der Waals surface area contributed by atoms with E-state index in [1.54, 1.807) is 0 Å². The van der Waals surface area contributed by atoms with Gasteiger partial charge in [-0.2, -0.15) is 0 Å². The number of carbonyl (C=O) groups excluding carboxylic acids is 3. The fourth-order valence-corrected chi connectivity index (χ4v) is 3.59.